The van der Waals surface area contributed by atoms with Gasteiger partial charge in [0, 0.05) is 16.6 Å². The average molecular weight is 318 g/mol. The van der Waals surface area contributed by atoms with Crippen molar-refractivity contribution in [1.82, 2.24) is 15.4 Å². The molecule has 0 saturated heterocycles. The van der Waals surface area contributed by atoms with Crippen LogP contribution in [0.1, 0.15) is 16.2 Å². The predicted octanol–water partition coefficient (Wildman–Crippen LogP) is 3.24. The van der Waals surface area contributed by atoms with E-state index in [-0.39, 0.29) is 11.7 Å². The van der Waals surface area contributed by atoms with Gasteiger partial charge in [-0.15, -0.1) is 10.2 Å². The van der Waals surface area contributed by atoms with Gasteiger partial charge in [-0.25, -0.2) is 0 Å². The number of aromatic nitrogens is 3. The normalized spacial score (nSPS) is 10.5. The summed E-state index contributed by atoms with van der Waals surface area (Å²) in [6.45, 7) is 1.76. The number of hydrogen-bond acceptors (Lipinski definition) is 7. The van der Waals surface area contributed by atoms with E-state index in [1.807, 2.05) is 24.3 Å². The van der Waals surface area contributed by atoms with E-state index in [9.17, 15) is 4.79 Å². The molecule has 6 nitrogen and oxygen atoms in total. The molecule has 2 aromatic heterocycles. The van der Waals surface area contributed by atoms with Gasteiger partial charge < -0.3 is 9.84 Å². The fraction of sp³-hybridized carbons (Fsp3) is 0.0769. The molecule has 0 unspecified atom stereocenters. The van der Waals surface area contributed by atoms with Crippen LogP contribution < -0.4 is 5.32 Å². The lowest BCUT2D eigenvalue weighted by molar-refractivity contribution is 0.0988. The quantitative estimate of drug-likeness (QED) is 0.795. The van der Waals surface area contributed by atoms with E-state index in [2.05, 4.69) is 20.7 Å². The molecule has 1 N–H and O–H groups in total. The first-order chi connectivity index (χ1) is 10.2. The van der Waals surface area contributed by atoms with Crippen molar-refractivity contribution >= 4 is 34.7 Å². The molecule has 0 atom stereocenters. The van der Waals surface area contributed by atoms with E-state index in [4.69, 9.17) is 4.52 Å². The Hall–Kier alpha value is -2.19. The third kappa shape index (κ3) is 3.47. The summed E-state index contributed by atoms with van der Waals surface area (Å²) >= 11 is 3.01. The van der Waals surface area contributed by atoms with Crippen molar-refractivity contribution in [1.29, 1.82) is 0 Å². The maximum Gasteiger partial charge on any atom is 0.294 e. The number of nitrogens with zero attached hydrogens (tertiary/aromatic N) is 3. The summed E-state index contributed by atoms with van der Waals surface area (Å²) in [5.74, 6) is -0.125. The maximum atomic E-state index is 11.9. The smallest absolute Gasteiger partial charge is 0.294 e. The lowest BCUT2D eigenvalue weighted by Gasteiger charge is -2.03. The molecule has 0 bridgehead atoms. The van der Waals surface area contributed by atoms with Gasteiger partial charge in [0.2, 0.25) is 5.76 Å². The number of benzene rings is 1. The lowest BCUT2D eigenvalue weighted by atomic mass is 10.3. The molecule has 0 aliphatic rings. The van der Waals surface area contributed by atoms with Gasteiger partial charge in [-0.05, 0) is 31.2 Å². The van der Waals surface area contributed by atoms with Crippen LogP contribution in [0, 0.1) is 6.92 Å². The molecule has 21 heavy (non-hydrogen) atoms. The molecule has 0 radical (unpaired) electrons. The number of amides is 1. The monoisotopic (exact) mass is 318 g/mol. The lowest BCUT2D eigenvalue weighted by Crippen LogP contribution is -2.10. The standard InChI is InChI=1S/C13H10N4O2S2/c1-8-6-11(19-17-8)12(18)15-9-2-4-10(5-3-9)21-13-16-14-7-20-13/h2-7H,1H3,(H,15,18). The van der Waals surface area contributed by atoms with Crippen molar-refractivity contribution in [2.75, 3.05) is 5.32 Å². The molecule has 0 spiro atoms. The second-order valence-electron chi connectivity index (χ2n) is 4.12. The van der Waals surface area contributed by atoms with E-state index in [1.54, 1.807) is 18.5 Å². The Morgan fingerprint density at radius 3 is 2.76 bits per heavy atom. The fourth-order valence-electron chi connectivity index (χ4n) is 1.58. The van der Waals surface area contributed by atoms with Crippen LogP contribution in [-0.2, 0) is 0 Å². The topological polar surface area (TPSA) is 80.9 Å². The van der Waals surface area contributed by atoms with Crippen LogP contribution in [0.5, 0.6) is 0 Å². The molecule has 1 aromatic carbocycles. The molecular formula is C13H10N4O2S2. The van der Waals surface area contributed by atoms with Gasteiger partial charge in [-0.1, -0.05) is 28.3 Å². The first-order valence-corrected chi connectivity index (χ1v) is 7.69. The molecule has 3 aromatic rings. The number of carbonyl (C=O) groups excluding carboxylic acids is 1. The second kappa shape index (κ2) is 6.06. The van der Waals surface area contributed by atoms with Gasteiger partial charge >= 0.3 is 0 Å². The Labute approximate surface area is 128 Å². The highest BCUT2D eigenvalue weighted by atomic mass is 32.2. The Balaban J connectivity index is 1.65. The van der Waals surface area contributed by atoms with Crippen molar-refractivity contribution in [3.63, 3.8) is 0 Å². The minimum absolute atomic E-state index is 0.194. The Morgan fingerprint density at radius 2 is 2.14 bits per heavy atom. The number of nitrogens with one attached hydrogen (secondary N) is 1. The van der Waals surface area contributed by atoms with Crippen LogP contribution in [0.2, 0.25) is 0 Å². The number of rotatable bonds is 4. The molecular weight excluding hydrogens is 308 g/mol. The van der Waals surface area contributed by atoms with Crippen molar-refractivity contribution in [3.05, 3.63) is 47.3 Å². The zero-order chi connectivity index (χ0) is 14.7. The van der Waals surface area contributed by atoms with E-state index in [1.165, 1.54) is 23.1 Å². The first kappa shape index (κ1) is 13.8. The van der Waals surface area contributed by atoms with Crippen LogP contribution in [-0.4, -0.2) is 21.3 Å². The minimum atomic E-state index is -0.319. The third-order valence-electron chi connectivity index (χ3n) is 2.51. The number of aryl methyl sites for hydroxylation is 1. The highest BCUT2D eigenvalue weighted by Crippen LogP contribution is 2.29. The zero-order valence-electron chi connectivity index (χ0n) is 10.9. The molecule has 0 saturated carbocycles. The highest BCUT2D eigenvalue weighted by molar-refractivity contribution is 8.01. The van der Waals surface area contributed by atoms with E-state index < -0.39 is 0 Å². The maximum absolute atomic E-state index is 11.9. The third-order valence-corrected chi connectivity index (χ3v) is 4.29. The summed E-state index contributed by atoms with van der Waals surface area (Å²) in [5, 5.41) is 14.2. The van der Waals surface area contributed by atoms with Crippen LogP contribution >= 0.6 is 23.1 Å². The highest BCUT2D eigenvalue weighted by Gasteiger charge is 2.11. The van der Waals surface area contributed by atoms with Crippen molar-refractivity contribution < 1.29 is 9.32 Å². The summed E-state index contributed by atoms with van der Waals surface area (Å²) in [6, 6.07) is 9.06. The molecule has 0 aliphatic carbocycles. The molecule has 0 aliphatic heterocycles. The summed E-state index contributed by atoms with van der Waals surface area (Å²) in [6.07, 6.45) is 0. The molecule has 3 rings (SSSR count). The van der Waals surface area contributed by atoms with E-state index >= 15 is 0 Å². The van der Waals surface area contributed by atoms with Crippen molar-refractivity contribution in [2.24, 2.45) is 0 Å². The Morgan fingerprint density at radius 1 is 1.33 bits per heavy atom. The van der Waals surface area contributed by atoms with Crippen LogP contribution in [0.3, 0.4) is 0 Å². The second-order valence-corrected chi connectivity index (χ2v) is 6.27. The number of anilines is 1. The van der Waals surface area contributed by atoms with Gasteiger partial charge in [0.1, 0.15) is 5.51 Å². The van der Waals surface area contributed by atoms with Crippen LogP contribution in [0.25, 0.3) is 0 Å². The molecule has 8 heteroatoms. The van der Waals surface area contributed by atoms with Crippen LogP contribution in [0.4, 0.5) is 5.69 Å². The van der Waals surface area contributed by atoms with Gasteiger partial charge in [-0.3, -0.25) is 4.79 Å². The van der Waals surface area contributed by atoms with E-state index in [0.717, 1.165) is 9.24 Å². The SMILES string of the molecule is Cc1cc(C(=O)Nc2ccc(Sc3nncs3)cc2)on1. The van der Waals surface area contributed by atoms with Gasteiger partial charge in [-0.2, -0.15) is 0 Å². The molecule has 1 amide bonds. The first-order valence-electron chi connectivity index (χ1n) is 5.99. The molecule has 2 heterocycles. The van der Waals surface area contributed by atoms with Gasteiger partial charge in [0.05, 0.1) is 5.69 Å². The summed E-state index contributed by atoms with van der Waals surface area (Å²) in [5.41, 5.74) is 3.05. The largest absolute Gasteiger partial charge is 0.351 e. The summed E-state index contributed by atoms with van der Waals surface area (Å²) < 4.78 is 5.79. The average Bonchev–Trinajstić information content (AvgIpc) is 3.12. The zero-order valence-corrected chi connectivity index (χ0v) is 12.6. The van der Waals surface area contributed by atoms with Crippen LogP contribution in [0.15, 0.2) is 49.6 Å². The molecule has 0 fully saturated rings. The minimum Gasteiger partial charge on any atom is -0.351 e. The summed E-state index contributed by atoms with van der Waals surface area (Å²) in [7, 11) is 0. The number of hydrogen-bond donors (Lipinski definition) is 1. The fourth-order valence-corrected chi connectivity index (χ4v) is 3.03. The van der Waals surface area contributed by atoms with E-state index in [0.29, 0.717) is 11.4 Å². The number of carbonyl (C=O) groups is 1. The van der Waals surface area contributed by atoms with Gasteiger partial charge in [0.25, 0.3) is 5.91 Å². The Kier molecular flexibility index (Phi) is 3.98. The van der Waals surface area contributed by atoms with Gasteiger partial charge in [0.15, 0.2) is 4.34 Å². The Bertz CT molecular complexity index is 738. The summed E-state index contributed by atoms with van der Waals surface area (Å²) in [4.78, 5) is 12.9. The van der Waals surface area contributed by atoms with Crippen molar-refractivity contribution in [2.45, 2.75) is 16.2 Å². The molecule has 106 valence electrons. The van der Waals surface area contributed by atoms with Crippen molar-refractivity contribution in [3.8, 4) is 0 Å². The predicted molar refractivity (Wildman–Crippen MR) is 79.7 cm³/mol.